The number of nitrogens with zero attached hydrogens (tertiary/aromatic N) is 3. The van der Waals surface area contributed by atoms with E-state index in [1.165, 1.54) is 35.3 Å². The van der Waals surface area contributed by atoms with Crippen LogP contribution in [-0.4, -0.2) is 51.9 Å². The van der Waals surface area contributed by atoms with Crippen LogP contribution in [0.4, 0.5) is 4.39 Å². The summed E-state index contributed by atoms with van der Waals surface area (Å²) in [7, 11) is 0. The molecule has 31 heavy (non-hydrogen) atoms. The Balaban J connectivity index is 1.67. The Morgan fingerprint density at radius 2 is 1.74 bits per heavy atom. The standard InChI is InChI=1S/C23H27FN4O3/c1-15(26-10-3-2-4-11-26)22(30)27-12-9-19-16(13-27)14-28(23(31)20(19)21(25)29)18-7-5-17(24)6-8-18/h5-8,14-15H,2-4,9-13H2,1H3,(H2,25,29). The summed E-state index contributed by atoms with van der Waals surface area (Å²) in [5.41, 5.74) is 6.71. The SMILES string of the molecule is CC(C(=O)N1CCc2c(cn(-c3ccc(F)cc3)c(=O)c2C(N)=O)C1)N1CCCCC1. The summed E-state index contributed by atoms with van der Waals surface area (Å²) in [6.07, 6.45) is 5.44. The third-order valence-electron chi connectivity index (χ3n) is 6.36. The summed E-state index contributed by atoms with van der Waals surface area (Å²) in [4.78, 5) is 42.3. The smallest absolute Gasteiger partial charge is 0.268 e. The maximum absolute atomic E-state index is 13.3. The number of benzene rings is 1. The fraction of sp³-hybridized carbons (Fsp3) is 0.435. The van der Waals surface area contributed by atoms with Crippen LogP contribution in [0.5, 0.6) is 0 Å². The largest absolute Gasteiger partial charge is 0.365 e. The fourth-order valence-electron chi connectivity index (χ4n) is 4.62. The van der Waals surface area contributed by atoms with Crippen LogP contribution in [0.1, 0.15) is 47.7 Å². The van der Waals surface area contributed by atoms with Crippen molar-refractivity contribution >= 4 is 11.8 Å². The number of hydrogen-bond donors (Lipinski definition) is 1. The summed E-state index contributed by atoms with van der Waals surface area (Å²) in [6, 6.07) is 5.24. The van der Waals surface area contributed by atoms with Gasteiger partial charge in [0.05, 0.1) is 6.04 Å². The van der Waals surface area contributed by atoms with Crippen molar-refractivity contribution in [2.24, 2.45) is 5.73 Å². The van der Waals surface area contributed by atoms with Crippen LogP contribution in [0.15, 0.2) is 35.3 Å². The lowest BCUT2D eigenvalue weighted by molar-refractivity contribution is -0.137. The van der Waals surface area contributed by atoms with Crippen LogP contribution in [0.25, 0.3) is 5.69 Å². The number of amides is 2. The molecule has 0 spiro atoms. The summed E-state index contributed by atoms with van der Waals surface area (Å²) < 4.78 is 14.6. The van der Waals surface area contributed by atoms with Gasteiger partial charge in [0.2, 0.25) is 5.91 Å². The Kier molecular flexibility index (Phi) is 5.91. The Bertz CT molecular complexity index is 1060. The van der Waals surface area contributed by atoms with Crippen molar-refractivity contribution < 1.29 is 14.0 Å². The molecule has 1 fully saturated rings. The van der Waals surface area contributed by atoms with Gasteiger partial charge in [-0.1, -0.05) is 6.42 Å². The molecule has 164 valence electrons. The molecule has 7 nitrogen and oxygen atoms in total. The first-order valence-corrected chi connectivity index (χ1v) is 10.7. The molecular formula is C23H27FN4O3. The van der Waals surface area contributed by atoms with Gasteiger partial charge in [-0.25, -0.2) is 4.39 Å². The molecule has 4 rings (SSSR count). The molecule has 2 N–H and O–H groups in total. The van der Waals surface area contributed by atoms with Crippen molar-refractivity contribution in [1.29, 1.82) is 0 Å². The van der Waals surface area contributed by atoms with Crippen molar-refractivity contribution in [2.45, 2.75) is 45.2 Å². The number of piperidine rings is 1. The fourth-order valence-corrected chi connectivity index (χ4v) is 4.62. The van der Waals surface area contributed by atoms with Crippen LogP contribution in [-0.2, 0) is 17.8 Å². The van der Waals surface area contributed by atoms with Gasteiger partial charge in [-0.2, -0.15) is 0 Å². The van der Waals surface area contributed by atoms with Crippen LogP contribution in [0, 0.1) is 5.82 Å². The predicted molar refractivity (Wildman–Crippen MR) is 115 cm³/mol. The minimum absolute atomic E-state index is 0.0488. The van der Waals surface area contributed by atoms with Crippen LogP contribution in [0.2, 0.25) is 0 Å². The number of carbonyl (C=O) groups excluding carboxylic acids is 2. The lowest BCUT2D eigenvalue weighted by Crippen LogP contribution is -2.50. The van der Waals surface area contributed by atoms with E-state index >= 15 is 0 Å². The second-order valence-electron chi connectivity index (χ2n) is 8.31. The third kappa shape index (κ3) is 4.12. The molecule has 0 aliphatic carbocycles. The quantitative estimate of drug-likeness (QED) is 0.808. The first-order chi connectivity index (χ1) is 14.9. The van der Waals surface area contributed by atoms with Crippen LogP contribution < -0.4 is 11.3 Å². The molecule has 0 radical (unpaired) electrons. The number of likely N-dealkylation sites (tertiary alicyclic amines) is 1. The molecule has 0 bridgehead atoms. The summed E-state index contributed by atoms with van der Waals surface area (Å²) >= 11 is 0. The number of primary amides is 1. The maximum Gasteiger partial charge on any atom is 0.268 e. The van der Waals surface area contributed by atoms with E-state index in [0.717, 1.165) is 25.9 Å². The highest BCUT2D eigenvalue weighted by Crippen LogP contribution is 2.24. The summed E-state index contributed by atoms with van der Waals surface area (Å²) in [5.74, 6) is -1.17. The number of carbonyl (C=O) groups is 2. The first-order valence-electron chi connectivity index (χ1n) is 10.7. The Labute approximate surface area is 180 Å². The van der Waals surface area contributed by atoms with Crippen molar-refractivity contribution in [3.8, 4) is 5.69 Å². The molecule has 0 saturated carbocycles. The first kappa shape index (κ1) is 21.2. The van der Waals surface area contributed by atoms with Gasteiger partial charge >= 0.3 is 0 Å². The van der Waals surface area contributed by atoms with Gasteiger partial charge in [-0.05, 0) is 74.7 Å². The van der Waals surface area contributed by atoms with Crippen LogP contribution >= 0.6 is 0 Å². The molecule has 1 saturated heterocycles. The average Bonchev–Trinajstić information content (AvgIpc) is 2.78. The molecule has 2 aromatic rings. The van der Waals surface area contributed by atoms with E-state index in [4.69, 9.17) is 5.73 Å². The number of rotatable bonds is 4. The van der Waals surface area contributed by atoms with E-state index in [2.05, 4.69) is 4.90 Å². The number of fused-ring (bicyclic) bond motifs is 1. The topological polar surface area (TPSA) is 88.6 Å². The van der Waals surface area contributed by atoms with Gasteiger partial charge in [0.1, 0.15) is 11.4 Å². The Hall–Kier alpha value is -3.00. The van der Waals surface area contributed by atoms with E-state index < -0.39 is 17.3 Å². The van der Waals surface area contributed by atoms with Crippen LogP contribution in [0.3, 0.4) is 0 Å². The van der Waals surface area contributed by atoms with Gasteiger partial charge in [-0.3, -0.25) is 23.9 Å². The molecule has 1 aromatic heterocycles. The second kappa shape index (κ2) is 8.63. The zero-order valence-corrected chi connectivity index (χ0v) is 17.6. The zero-order chi connectivity index (χ0) is 22.1. The van der Waals surface area contributed by atoms with Gasteiger partial charge in [0, 0.05) is 25.0 Å². The molecule has 2 amide bonds. The highest BCUT2D eigenvalue weighted by Gasteiger charge is 2.31. The lowest BCUT2D eigenvalue weighted by Gasteiger charge is -2.37. The highest BCUT2D eigenvalue weighted by molar-refractivity contribution is 5.94. The van der Waals surface area contributed by atoms with E-state index in [1.54, 1.807) is 11.1 Å². The number of hydrogen-bond acceptors (Lipinski definition) is 4. The van der Waals surface area contributed by atoms with E-state index in [9.17, 15) is 18.8 Å². The van der Waals surface area contributed by atoms with Gasteiger partial charge < -0.3 is 10.6 Å². The van der Waals surface area contributed by atoms with Crippen molar-refractivity contribution in [1.82, 2.24) is 14.4 Å². The van der Waals surface area contributed by atoms with Gasteiger partial charge in [-0.15, -0.1) is 0 Å². The van der Waals surface area contributed by atoms with E-state index in [1.807, 2.05) is 6.92 Å². The number of pyridine rings is 1. The van der Waals surface area contributed by atoms with Crippen molar-refractivity contribution in [2.75, 3.05) is 19.6 Å². The number of aromatic nitrogens is 1. The third-order valence-corrected chi connectivity index (χ3v) is 6.36. The van der Waals surface area contributed by atoms with Gasteiger partial charge in [0.15, 0.2) is 0 Å². The summed E-state index contributed by atoms with van der Waals surface area (Å²) in [6.45, 7) is 4.52. The Morgan fingerprint density at radius 3 is 2.39 bits per heavy atom. The molecule has 1 aromatic carbocycles. The zero-order valence-electron chi connectivity index (χ0n) is 17.6. The molecular weight excluding hydrogens is 399 g/mol. The van der Waals surface area contributed by atoms with E-state index in [0.29, 0.717) is 36.3 Å². The number of halogens is 1. The molecule has 3 heterocycles. The molecule has 2 aliphatic rings. The number of nitrogens with two attached hydrogens (primary N) is 1. The minimum Gasteiger partial charge on any atom is -0.365 e. The molecule has 2 aliphatic heterocycles. The maximum atomic E-state index is 13.3. The van der Waals surface area contributed by atoms with Crippen molar-refractivity contribution in [3.05, 3.63) is 63.3 Å². The second-order valence-corrected chi connectivity index (χ2v) is 8.31. The van der Waals surface area contributed by atoms with E-state index in [-0.39, 0.29) is 17.5 Å². The molecule has 8 heteroatoms. The van der Waals surface area contributed by atoms with Gasteiger partial charge in [0.25, 0.3) is 11.5 Å². The molecule has 1 unspecified atom stereocenters. The van der Waals surface area contributed by atoms with Crippen molar-refractivity contribution in [3.63, 3.8) is 0 Å². The minimum atomic E-state index is -0.792. The predicted octanol–water partition coefficient (Wildman–Crippen LogP) is 1.83. The Morgan fingerprint density at radius 1 is 1.06 bits per heavy atom. The monoisotopic (exact) mass is 426 g/mol. The highest BCUT2D eigenvalue weighted by atomic mass is 19.1. The molecule has 1 atom stereocenters. The lowest BCUT2D eigenvalue weighted by atomic mass is 9.95. The average molecular weight is 426 g/mol. The normalized spacial score (nSPS) is 17.8. The summed E-state index contributed by atoms with van der Waals surface area (Å²) in [5, 5.41) is 0.